The van der Waals surface area contributed by atoms with Gasteiger partial charge in [-0.1, -0.05) is 13.3 Å². The van der Waals surface area contributed by atoms with Crippen molar-refractivity contribution in [1.29, 1.82) is 0 Å². The predicted octanol–water partition coefficient (Wildman–Crippen LogP) is 0.156. The molecule has 0 radical (unpaired) electrons. The zero-order valence-corrected chi connectivity index (χ0v) is 13.7. The summed E-state index contributed by atoms with van der Waals surface area (Å²) in [4.78, 5) is 38.9. The molecule has 0 aromatic carbocycles. The number of hydrogen-bond acceptors (Lipinski definition) is 4. The Morgan fingerprint density at radius 3 is 2.68 bits per heavy atom. The van der Waals surface area contributed by atoms with Crippen LogP contribution in [0.3, 0.4) is 0 Å². The Balaban J connectivity index is 2.47. The molecule has 0 aromatic rings. The molecule has 7 heteroatoms. The molecule has 0 saturated carbocycles. The maximum absolute atomic E-state index is 12.1. The lowest BCUT2D eigenvalue weighted by Gasteiger charge is -2.19. The van der Waals surface area contributed by atoms with Gasteiger partial charge in [-0.25, -0.2) is 4.79 Å². The quantitative estimate of drug-likeness (QED) is 0.633. The molecule has 2 amide bonds. The van der Waals surface area contributed by atoms with Crippen LogP contribution in [0.5, 0.6) is 0 Å². The fourth-order valence-corrected chi connectivity index (χ4v) is 2.58. The highest BCUT2D eigenvalue weighted by molar-refractivity contribution is 5.91. The highest BCUT2D eigenvalue weighted by Crippen LogP contribution is 2.18. The first-order chi connectivity index (χ1) is 10.3. The third-order valence-corrected chi connectivity index (χ3v) is 3.81. The fourth-order valence-electron chi connectivity index (χ4n) is 2.58. The number of carbonyl (C=O) groups excluding carboxylic acids is 2. The van der Waals surface area contributed by atoms with Crippen molar-refractivity contribution >= 4 is 17.8 Å². The molecule has 2 unspecified atom stereocenters. The predicted molar refractivity (Wildman–Crippen MR) is 82.3 cm³/mol. The molecule has 0 aromatic heterocycles. The zero-order chi connectivity index (χ0) is 16.7. The number of likely N-dealkylation sites (tertiary alicyclic amines) is 1. The van der Waals surface area contributed by atoms with E-state index in [0.29, 0.717) is 25.9 Å². The largest absolute Gasteiger partial charge is 0.480 e. The maximum Gasteiger partial charge on any atom is 0.326 e. The Kier molecular flexibility index (Phi) is 7.31. The lowest BCUT2D eigenvalue weighted by Crippen LogP contribution is -2.44. The second-order valence-corrected chi connectivity index (χ2v) is 6.09. The number of rotatable bonds is 9. The van der Waals surface area contributed by atoms with Crippen LogP contribution >= 0.6 is 0 Å². The van der Waals surface area contributed by atoms with Crippen molar-refractivity contribution in [2.24, 2.45) is 5.92 Å². The minimum absolute atomic E-state index is 0.0266. The van der Waals surface area contributed by atoms with Crippen molar-refractivity contribution in [1.82, 2.24) is 15.1 Å². The lowest BCUT2D eigenvalue weighted by molar-refractivity contribution is -0.142. The minimum atomic E-state index is -1.03. The van der Waals surface area contributed by atoms with Crippen LogP contribution in [0.15, 0.2) is 0 Å². The Morgan fingerprint density at radius 2 is 2.14 bits per heavy atom. The number of aliphatic carboxylic acids is 1. The Hall–Kier alpha value is -1.63. The van der Waals surface area contributed by atoms with Gasteiger partial charge < -0.3 is 20.2 Å². The number of amides is 2. The third kappa shape index (κ3) is 5.63. The average Bonchev–Trinajstić information content (AvgIpc) is 2.79. The first-order valence-corrected chi connectivity index (χ1v) is 7.80. The number of hydrogen-bond donors (Lipinski definition) is 2. The van der Waals surface area contributed by atoms with Crippen LogP contribution in [0.2, 0.25) is 0 Å². The van der Waals surface area contributed by atoms with Gasteiger partial charge in [0.05, 0.1) is 5.92 Å². The number of nitrogens with zero attached hydrogens (tertiary/aromatic N) is 2. The van der Waals surface area contributed by atoms with Crippen molar-refractivity contribution in [2.75, 3.05) is 33.7 Å². The van der Waals surface area contributed by atoms with Crippen LogP contribution in [0, 0.1) is 5.92 Å². The minimum Gasteiger partial charge on any atom is -0.480 e. The van der Waals surface area contributed by atoms with Crippen molar-refractivity contribution in [3.8, 4) is 0 Å². The van der Waals surface area contributed by atoms with E-state index in [0.717, 1.165) is 13.0 Å². The van der Waals surface area contributed by atoms with Gasteiger partial charge in [0.1, 0.15) is 6.04 Å². The second-order valence-electron chi connectivity index (χ2n) is 6.09. The molecule has 7 nitrogen and oxygen atoms in total. The summed E-state index contributed by atoms with van der Waals surface area (Å²) in [5, 5.41) is 11.6. The molecule has 126 valence electrons. The monoisotopic (exact) mass is 313 g/mol. The summed E-state index contributed by atoms with van der Waals surface area (Å²) >= 11 is 0. The molecule has 22 heavy (non-hydrogen) atoms. The summed E-state index contributed by atoms with van der Waals surface area (Å²) in [6, 6.07) is -0.865. The summed E-state index contributed by atoms with van der Waals surface area (Å²) in [5.74, 6) is -1.82. The SMILES string of the molecule is CCCC(NC(=O)C1CC(=O)N(CCCN(C)C)C1)C(=O)O. The third-order valence-electron chi connectivity index (χ3n) is 3.81. The molecule has 1 saturated heterocycles. The van der Waals surface area contributed by atoms with Gasteiger partial charge in [-0.2, -0.15) is 0 Å². The van der Waals surface area contributed by atoms with Crippen LogP contribution in [0.25, 0.3) is 0 Å². The summed E-state index contributed by atoms with van der Waals surface area (Å²) < 4.78 is 0. The van der Waals surface area contributed by atoms with Crippen LogP contribution in [-0.4, -0.2) is 72.5 Å². The molecular formula is C15H27N3O4. The first kappa shape index (κ1) is 18.4. The van der Waals surface area contributed by atoms with Gasteiger partial charge >= 0.3 is 5.97 Å². The van der Waals surface area contributed by atoms with Crippen molar-refractivity contribution in [2.45, 2.75) is 38.6 Å². The van der Waals surface area contributed by atoms with E-state index < -0.39 is 17.9 Å². The Labute approximate surface area is 131 Å². The molecule has 2 atom stereocenters. The van der Waals surface area contributed by atoms with Gasteiger partial charge in [0.2, 0.25) is 11.8 Å². The Morgan fingerprint density at radius 1 is 1.45 bits per heavy atom. The Bertz CT molecular complexity index is 412. The van der Waals surface area contributed by atoms with E-state index in [4.69, 9.17) is 5.11 Å². The van der Waals surface area contributed by atoms with E-state index in [2.05, 4.69) is 5.32 Å². The van der Waals surface area contributed by atoms with E-state index in [1.165, 1.54) is 0 Å². The van der Waals surface area contributed by atoms with Crippen molar-refractivity contribution in [3.63, 3.8) is 0 Å². The molecule has 0 bridgehead atoms. The number of carboxylic acids is 1. The van der Waals surface area contributed by atoms with Crippen LogP contribution in [0.4, 0.5) is 0 Å². The molecule has 0 spiro atoms. The highest BCUT2D eigenvalue weighted by atomic mass is 16.4. The molecule has 1 heterocycles. The van der Waals surface area contributed by atoms with E-state index in [1.54, 1.807) is 4.90 Å². The summed E-state index contributed by atoms with van der Waals surface area (Å²) in [7, 11) is 3.95. The van der Waals surface area contributed by atoms with E-state index in [9.17, 15) is 14.4 Å². The lowest BCUT2D eigenvalue weighted by atomic mass is 10.1. The highest BCUT2D eigenvalue weighted by Gasteiger charge is 2.35. The van der Waals surface area contributed by atoms with Gasteiger partial charge in [0, 0.05) is 19.5 Å². The molecule has 1 rings (SSSR count). The fraction of sp³-hybridized carbons (Fsp3) is 0.800. The molecule has 1 aliphatic heterocycles. The topological polar surface area (TPSA) is 90.0 Å². The number of carboxylic acid groups (broad SMARTS) is 1. The van der Waals surface area contributed by atoms with Crippen molar-refractivity contribution in [3.05, 3.63) is 0 Å². The van der Waals surface area contributed by atoms with Crippen LogP contribution in [0.1, 0.15) is 32.6 Å². The van der Waals surface area contributed by atoms with E-state index >= 15 is 0 Å². The van der Waals surface area contributed by atoms with Crippen LogP contribution in [-0.2, 0) is 14.4 Å². The normalized spacial score (nSPS) is 19.5. The summed E-state index contributed by atoms with van der Waals surface area (Å²) in [6.45, 7) is 3.78. The zero-order valence-electron chi connectivity index (χ0n) is 13.7. The van der Waals surface area contributed by atoms with Gasteiger partial charge in [0.15, 0.2) is 0 Å². The van der Waals surface area contributed by atoms with Gasteiger partial charge in [-0.15, -0.1) is 0 Å². The molecule has 2 N–H and O–H groups in total. The van der Waals surface area contributed by atoms with Gasteiger partial charge in [0.25, 0.3) is 0 Å². The van der Waals surface area contributed by atoms with Gasteiger partial charge in [-0.3, -0.25) is 9.59 Å². The smallest absolute Gasteiger partial charge is 0.326 e. The maximum atomic E-state index is 12.1. The van der Waals surface area contributed by atoms with E-state index in [1.807, 2.05) is 25.9 Å². The first-order valence-electron chi connectivity index (χ1n) is 7.80. The van der Waals surface area contributed by atoms with Crippen LogP contribution < -0.4 is 5.32 Å². The van der Waals surface area contributed by atoms with Gasteiger partial charge in [-0.05, 0) is 33.5 Å². The second kappa shape index (κ2) is 8.73. The summed E-state index contributed by atoms with van der Waals surface area (Å²) in [6.07, 6.45) is 2.11. The number of carbonyl (C=O) groups is 3. The molecule has 0 aliphatic carbocycles. The van der Waals surface area contributed by atoms with Crippen molar-refractivity contribution < 1.29 is 19.5 Å². The molecule has 1 aliphatic rings. The number of nitrogens with one attached hydrogen (secondary N) is 1. The standard InChI is InChI=1S/C15H27N3O4/c1-4-6-12(15(21)22)16-14(20)11-9-13(19)18(10-11)8-5-7-17(2)3/h11-12H,4-10H2,1-3H3,(H,16,20)(H,21,22). The molecular weight excluding hydrogens is 286 g/mol. The van der Waals surface area contributed by atoms with E-state index in [-0.39, 0.29) is 18.2 Å². The molecule has 1 fully saturated rings. The summed E-state index contributed by atoms with van der Waals surface area (Å²) in [5.41, 5.74) is 0. The average molecular weight is 313 g/mol.